The van der Waals surface area contributed by atoms with Crippen molar-refractivity contribution in [2.45, 2.75) is 237 Å². The third-order valence-electron chi connectivity index (χ3n) is 10.4. The minimum Gasteiger partial charge on any atom is -0.457 e. The fourth-order valence-electron chi connectivity index (χ4n) is 6.90. The SMILES string of the molecule is CCCCCCCC/C=C\CCCCCCCCCCCCOCC(COC1OC(CO)C(O)C(O)C1O)OC(=O)CCCCCCCCCCCC. The van der Waals surface area contributed by atoms with Crippen molar-refractivity contribution in [1.29, 1.82) is 0 Å². The summed E-state index contributed by atoms with van der Waals surface area (Å²) in [5.41, 5.74) is 0. The zero-order chi connectivity index (χ0) is 38.6. The fourth-order valence-corrected chi connectivity index (χ4v) is 6.90. The molecule has 0 aromatic heterocycles. The van der Waals surface area contributed by atoms with Gasteiger partial charge in [-0.3, -0.25) is 4.79 Å². The smallest absolute Gasteiger partial charge is 0.306 e. The van der Waals surface area contributed by atoms with Gasteiger partial charge in [0.05, 0.1) is 19.8 Å². The number of hydrogen-bond acceptors (Lipinski definition) is 9. The third-order valence-corrected chi connectivity index (χ3v) is 10.4. The standard InChI is InChI=1S/C44H84O9/c1-3-5-7-9-11-13-15-16-17-18-19-20-21-22-23-24-26-28-30-32-34-50-36-38(37-51-44-43(49)42(48)41(47)39(35-45)53-44)52-40(46)33-31-29-27-25-14-12-10-8-6-4-2/h16-17,38-39,41-45,47-49H,3-15,18-37H2,1-2H3/b17-16-. The molecule has 1 rings (SSSR count). The van der Waals surface area contributed by atoms with Crippen LogP contribution in [-0.2, 0) is 23.7 Å². The highest BCUT2D eigenvalue weighted by Crippen LogP contribution is 2.22. The summed E-state index contributed by atoms with van der Waals surface area (Å²) in [7, 11) is 0. The minimum absolute atomic E-state index is 0.109. The maximum atomic E-state index is 12.7. The van der Waals surface area contributed by atoms with E-state index in [2.05, 4.69) is 26.0 Å². The van der Waals surface area contributed by atoms with Crippen LogP contribution in [0.2, 0.25) is 0 Å². The number of aliphatic hydroxyl groups is 4. The molecule has 0 bridgehead atoms. The Hall–Kier alpha value is -1.07. The lowest BCUT2D eigenvalue weighted by Crippen LogP contribution is -2.59. The number of carbonyl (C=O) groups is 1. The number of aliphatic hydroxyl groups excluding tert-OH is 4. The first-order chi connectivity index (χ1) is 25.9. The molecule has 0 aliphatic carbocycles. The van der Waals surface area contributed by atoms with E-state index < -0.39 is 43.4 Å². The van der Waals surface area contributed by atoms with E-state index >= 15 is 0 Å². The van der Waals surface area contributed by atoms with Gasteiger partial charge in [0.15, 0.2) is 6.29 Å². The van der Waals surface area contributed by atoms with Gasteiger partial charge in [0.1, 0.15) is 30.5 Å². The molecule has 1 saturated heterocycles. The first-order valence-electron chi connectivity index (χ1n) is 22.3. The van der Waals surface area contributed by atoms with E-state index in [0.29, 0.717) is 13.0 Å². The van der Waals surface area contributed by atoms with Crippen LogP contribution in [0.3, 0.4) is 0 Å². The molecule has 1 fully saturated rings. The van der Waals surface area contributed by atoms with Crippen LogP contribution in [-0.4, -0.2) is 89.6 Å². The van der Waals surface area contributed by atoms with E-state index in [-0.39, 0.29) is 19.2 Å². The molecule has 0 aromatic carbocycles. The Kier molecular flexibility index (Phi) is 34.5. The number of carbonyl (C=O) groups excluding carboxylic acids is 1. The van der Waals surface area contributed by atoms with E-state index in [4.69, 9.17) is 18.9 Å². The van der Waals surface area contributed by atoms with Crippen LogP contribution in [0, 0.1) is 0 Å². The van der Waals surface area contributed by atoms with E-state index in [9.17, 15) is 25.2 Å². The van der Waals surface area contributed by atoms with Gasteiger partial charge in [-0.1, -0.05) is 167 Å². The topological polar surface area (TPSA) is 135 Å². The van der Waals surface area contributed by atoms with Gasteiger partial charge in [-0.2, -0.15) is 0 Å². The van der Waals surface area contributed by atoms with Crippen molar-refractivity contribution < 1.29 is 44.2 Å². The van der Waals surface area contributed by atoms with Crippen molar-refractivity contribution in [2.75, 3.05) is 26.4 Å². The number of esters is 1. The number of allylic oxidation sites excluding steroid dienone is 2. The molecule has 1 aliphatic heterocycles. The van der Waals surface area contributed by atoms with Gasteiger partial charge in [-0.15, -0.1) is 0 Å². The predicted octanol–water partition coefficient (Wildman–Crippen LogP) is 9.64. The van der Waals surface area contributed by atoms with Crippen molar-refractivity contribution in [1.82, 2.24) is 0 Å². The fraction of sp³-hybridized carbons (Fsp3) is 0.932. The highest BCUT2D eigenvalue weighted by atomic mass is 16.7. The molecule has 6 atom stereocenters. The van der Waals surface area contributed by atoms with Gasteiger partial charge >= 0.3 is 5.97 Å². The molecule has 9 nitrogen and oxygen atoms in total. The van der Waals surface area contributed by atoms with Crippen LogP contribution in [0.5, 0.6) is 0 Å². The molecule has 6 unspecified atom stereocenters. The summed E-state index contributed by atoms with van der Waals surface area (Å²) in [6.45, 7) is 4.56. The summed E-state index contributed by atoms with van der Waals surface area (Å²) in [4.78, 5) is 12.7. The van der Waals surface area contributed by atoms with E-state index in [0.717, 1.165) is 32.1 Å². The van der Waals surface area contributed by atoms with Crippen molar-refractivity contribution in [2.24, 2.45) is 0 Å². The van der Waals surface area contributed by atoms with Crippen LogP contribution in [0.4, 0.5) is 0 Å². The zero-order valence-corrected chi connectivity index (χ0v) is 34.3. The van der Waals surface area contributed by atoms with Gasteiger partial charge in [-0.25, -0.2) is 0 Å². The zero-order valence-electron chi connectivity index (χ0n) is 34.3. The molecule has 9 heteroatoms. The lowest BCUT2D eigenvalue weighted by Gasteiger charge is -2.39. The molecule has 4 N–H and O–H groups in total. The average molecular weight is 757 g/mol. The quantitative estimate of drug-likeness (QED) is 0.0276. The van der Waals surface area contributed by atoms with Crippen LogP contribution in [0.15, 0.2) is 12.2 Å². The molecule has 0 saturated carbocycles. The molecular weight excluding hydrogens is 672 g/mol. The van der Waals surface area contributed by atoms with E-state index in [1.54, 1.807) is 0 Å². The average Bonchev–Trinajstić information content (AvgIpc) is 3.16. The Morgan fingerprint density at radius 2 is 1.04 bits per heavy atom. The van der Waals surface area contributed by atoms with Gasteiger partial charge < -0.3 is 39.4 Å². The Morgan fingerprint density at radius 1 is 0.585 bits per heavy atom. The van der Waals surface area contributed by atoms with Crippen LogP contribution >= 0.6 is 0 Å². The molecule has 0 amide bonds. The summed E-state index contributed by atoms with van der Waals surface area (Å²) in [6.07, 6.45) is 32.4. The highest BCUT2D eigenvalue weighted by molar-refractivity contribution is 5.69. The number of hydrogen-bond donors (Lipinski definition) is 4. The number of ether oxygens (including phenoxy) is 4. The maximum Gasteiger partial charge on any atom is 0.306 e. The third kappa shape index (κ3) is 28.1. The molecule has 53 heavy (non-hydrogen) atoms. The lowest BCUT2D eigenvalue weighted by atomic mass is 9.99. The largest absolute Gasteiger partial charge is 0.457 e. The van der Waals surface area contributed by atoms with Crippen LogP contribution < -0.4 is 0 Å². The van der Waals surface area contributed by atoms with Gasteiger partial charge in [0.2, 0.25) is 0 Å². The summed E-state index contributed by atoms with van der Waals surface area (Å²) < 4.78 is 22.8. The Bertz CT molecular complexity index is 823. The second kappa shape index (κ2) is 36.6. The van der Waals surface area contributed by atoms with Crippen molar-refractivity contribution >= 4 is 5.97 Å². The Labute approximate surface area is 325 Å². The summed E-state index contributed by atoms with van der Waals surface area (Å²) in [5.74, 6) is -0.314. The first-order valence-corrected chi connectivity index (χ1v) is 22.3. The normalized spacial score (nSPS) is 21.1. The van der Waals surface area contributed by atoms with E-state index in [1.807, 2.05) is 0 Å². The molecule has 1 aliphatic rings. The predicted molar refractivity (Wildman–Crippen MR) is 215 cm³/mol. The second-order valence-corrected chi connectivity index (χ2v) is 15.5. The molecule has 0 aromatic rings. The summed E-state index contributed by atoms with van der Waals surface area (Å²) >= 11 is 0. The van der Waals surface area contributed by atoms with Crippen molar-refractivity contribution in [3.8, 4) is 0 Å². The Morgan fingerprint density at radius 3 is 1.53 bits per heavy atom. The number of rotatable bonds is 38. The van der Waals surface area contributed by atoms with Crippen LogP contribution in [0.1, 0.15) is 200 Å². The second-order valence-electron chi connectivity index (χ2n) is 15.5. The van der Waals surface area contributed by atoms with E-state index in [1.165, 1.54) is 148 Å². The van der Waals surface area contributed by atoms with Gasteiger partial charge in [0, 0.05) is 13.0 Å². The minimum atomic E-state index is -1.53. The van der Waals surface area contributed by atoms with Crippen LogP contribution in [0.25, 0.3) is 0 Å². The van der Waals surface area contributed by atoms with Gasteiger partial charge in [-0.05, 0) is 38.5 Å². The Balaban J connectivity index is 2.21. The lowest BCUT2D eigenvalue weighted by molar-refractivity contribution is -0.305. The molecule has 0 spiro atoms. The molecule has 0 radical (unpaired) electrons. The summed E-state index contributed by atoms with van der Waals surface area (Å²) in [6, 6.07) is 0. The van der Waals surface area contributed by atoms with Crippen molar-refractivity contribution in [3.63, 3.8) is 0 Å². The highest BCUT2D eigenvalue weighted by Gasteiger charge is 2.44. The monoisotopic (exact) mass is 757 g/mol. The molecule has 314 valence electrons. The van der Waals surface area contributed by atoms with Crippen molar-refractivity contribution in [3.05, 3.63) is 12.2 Å². The number of unbranched alkanes of at least 4 members (excludes halogenated alkanes) is 25. The van der Waals surface area contributed by atoms with Gasteiger partial charge in [0.25, 0.3) is 0 Å². The molecular formula is C44H84O9. The molecule has 1 heterocycles. The maximum absolute atomic E-state index is 12.7. The summed E-state index contributed by atoms with van der Waals surface area (Å²) in [5, 5.41) is 40.0. The first kappa shape index (κ1) is 49.9.